The summed E-state index contributed by atoms with van der Waals surface area (Å²) < 4.78 is 10.7. The SMILES string of the molecule is COc1cccc(OC)c1CC#Cc1cccc(CC#N)c1. The minimum atomic E-state index is 0.399. The molecule has 0 unspecified atom stereocenters. The summed E-state index contributed by atoms with van der Waals surface area (Å²) in [6, 6.07) is 15.5. The molecule has 0 amide bonds. The van der Waals surface area contributed by atoms with Gasteiger partial charge in [0.1, 0.15) is 11.5 Å². The van der Waals surface area contributed by atoms with Crippen LogP contribution in [0.5, 0.6) is 11.5 Å². The van der Waals surface area contributed by atoms with Gasteiger partial charge in [-0.15, -0.1) is 0 Å². The lowest BCUT2D eigenvalue weighted by Gasteiger charge is -2.10. The van der Waals surface area contributed by atoms with Crippen LogP contribution in [0.15, 0.2) is 42.5 Å². The molecule has 0 aliphatic carbocycles. The molecule has 0 saturated carbocycles. The van der Waals surface area contributed by atoms with Gasteiger partial charge in [-0.2, -0.15) is 5.26 Å². The van der Waals surface area contributed by atoms with Gasteiger partial charge in [0.05, 0.1) is 26.7 Å². The van der Waals surface area contributed by atoms with Gasteiger partial charge in [0.15, 0.2) is 0 Å². The van der Waals surface area contributed by atoms with Gasteiger partial charge in [-0.1, -0.05) is 30.0 Å². The van der Waals surface area contributed by atoms with Crippen molar-refractivity contribution in [2.45, 2.75) is 12.8 Å². The zero-order chi connectivity index (χ0) is 15.8. The molecule has 3 nitrogen and oxygen atoms in total. The number of methoxy groups -OCH3 is 2. The summed E-state index contributed by atoms with van der Waals surface area (Å²) in [7, 11) is 3.27. The van der Waals surface area contributed by atoms with Gasteiger partial charge < -0.3 is 9.47 Å². The first-order chi connectivity index (χ1) is 10.8. The maximum Gasteiger partial charge on any atom is 0.126 e. The third-order valence-electron chi connectivity index (χ3n) is 3.24. The van der Waals surface area contributed by atoms with Crippen molar-refractivity contribution in [3.8, 4) is 29.4 Å². The van der Waals surface area contributed by atoms with E-state index in [0.717, 1.165) is 28.2 Å². The van der Waals surface area contributed by atoms with Crippen molar-refractivity contribution in [1.29, 1.82) is 5.26 Å². The molecule has 0 aliphatic rings. The first kappa shape index (κ1) is 15.5. The van der Waals surface area contributed by atoms with E-state index in [1.165, 1.54) is 0 Å². The fourth-order valence-corrected chi connectivity index (χ4v) is 2.19. The average Bonchev–Trinajstić information content (AvgIpc) is 2.55. The molecule has 0 fully saturated rings. The quantitative estimate of drug-likeness (QED) is 0.811. The number of benzene rings is 2. The van der Waals surface area contributed by atoms with Gasteiger partial charge in [-0.05, 0) is 29.8 Å². The Morgan fingerprint density at radius 1 is 0.955 bits per heavy atom. The van der Waals surface area contributed by atoms with E-state index in [-0.39, 0.29) is 0 Å². The largest absolute Gasteiger partial charge is 0.496 e. The number of nitrogens with zero attached hydrogens (tertiary/aromatic N) is 1. The van der Waals surface area contributed by atoms with Crippen LogP contribution < -0.4 is 9.47 Å². The average molecular weight is 291 g/mol. The van der Waals surface area contributed by atoms with Gasteiger partial charge in [0, 0.05) is 17.5 Å². The maximum absolute atomic E-state index is 8.74. The van der Waals surface area contributed by atoms with E-state index < -0.39 is 0 Å². The maximum atomic E-state index is 8.74. The van der Waals surface area contributed by atoms with E-state index >= 15 is 0 Å². The Labute approximate surface area is 131 Å². The standard InChI is InChI=1S/C19H17NO2/c1-21-18-10-5-11-19(22-2)17(18)9-4-8-15-6-3-7-16(14-15)12-13-20/h3,5-7,10-11,14H,9,12H2,1-2H3. The molecule has 0 atom stereocenters. The van der Waals surface area contributed by atoms with E-state index in [9.17, 15) is 0 Å². The van der Waals surface area contributed by atoms with Crippen LogP contribution in [-0.4, -0.2) is 14.2 Å². The number of rotatable bonds is 4. The fourth-order valence-electron chi connectivity index (χ4n) is 2.19. The number of ether oxygens (including phenoxy) is 2. The number of hydrogen-bond donors (Lipinski definition) is 0. The molecular weight excluding hydrogens is 274 g/mol. The van der Waals surface area contributed by atoms with E-state index in [4.69, 9.17) is 14.7 Å². The molecule has 2 aromatic rings. The smallest absolute Gasteiger partial charge is 0.126 e. The van der Waals surface area contributed by atoms with Crippen LogP contribution in [-0.2, 0) is 12.8 Å². The predicted octanol–water partition coefficient (Wildman–Crippen LogP) is 3.36. The van der Waals surface area contributed by atoms with Crippen LogP contribution >= 0.6 is 0 Å². The Hall–Kier alpha value is -2.91. The molecule has 0 aliphatic heterocycles. The summed E-state index contributed by atoms with van der Waals surface area (Å²) in [5.74, 6) is 7.81. The summed E-state index contributed by atoms with van der Waals surface area (Å²) in [6.45, 7) is 0. The minimum Gasteiger partial charge on any atom is -0.496 e. The second-order valence-corrected chi connectivity index (χ2v) is 4.65. The fraction of sp³-hybridized carbons (Fsp3) is 0.211. The molecule has 110 valence electrons. The molecule has 0 heterocycles. The molecule has 0 radical (unpaired) electrons. The van der Waals surface area contributed by atoms with Crippen molar-refractivity contribution in [1.82, 2.24) is 0 Å². The summed E-state index contributed by atoms with van der Waals surface area (Å²) >= 11 is 0. The Bertz CT molecular complexity index is 726. The van der Waals surface area contributed by atoms with Crippen molar-refractivity contribution in [2.24, 2.45) is 0 Å². The molecular formula is C19H17NO2. The highest BCUT2D eigenvalue weighted by molar-refractivity contribution is 5.48. The second-order valence-electron chi connectivity index (χ2n) is 4.65. The first-order valence-corrected chi connectivity index (χ1v) is 6.93. The third kappa shape index (κ3) is 3.81. The van der Waals surface area contributed by atoms with E-state index in [2.05, 4.69) is 17.9 Å². The zero-order valence-corrected chi connectivity index (χ0v) is 12.7. The van der Waals surface area contributed by atoms with Crippen LogP contribution in [0.4, 0.5) is 0 Å². The van der Waals surface area contributed by atoms with Crippen molar-refractivity contribution < 1.29 is 9.47 Å². The summed E-state index contributed by atoms with van der Waals surface area (Å²) in [6.07, 6.45) is 0.936. The highest BCUT2D eigenvalue weighted by atomic mass is 16.5. The van der Waals surface area contributed by atoms with Crippen LogP contribution in [0, 0.1) is 23.2 Å². The van der Waals surface area contributed by atoms with Crippen molar-refractivity contribution >= 4 is 0 Å². The molecule has 0 saturated heterocycles. The molecule has 0 spiro atoms. The van der Waals surface area contributed by atoms with Crippen molar-refractivity contribution in [2.75, 3.05) is 14.2 Å². The Balaban J connectivity index is 2.21. The van der Waals surface area contributed by atoms with Gasteiger partial charge in [0.25, 0.3) is 0 Å². The van der Waals surface area contributed by atoms with Gasteiger partial charge in [-0.3, -0.25) is 0 Å². The second kappa shape index (κ2) is 7.76. The van der Waals surface area contributed by atoms with E-state index in [1.54, 1.807) is 14.2 Å². The van der Waals surface area contributed by atoms with Gasteiger partial charge >= 0.3 is 0 Å². The third-order valence-corrected chi connectivity index (χ3v) is 3.24. The molecule has 0 N–H and O–H groups in total. The van der Waals surface area contributed by atoms with Crippen LogP contribution in [0.1, 0.15) is 16.7 Å². The van der Waals surface area contributed by atoms with Gasteiger partial charge in [0.2, 0.25) is 0 Å². The number of nitriles is 1. The lowest BCUT2D eigenvalue weighted by atomic mass is 10.1. The van der Waals surface area contributed by atoms with Crippen LogP contribution in [0.25, 0.3) is 0 Å². The summed E-state index contributed by atoms with van der Waals surface area (Å²) in [5, 5.41) is 8.74. The first-order valence-electron chi connectivity index (χ1n) is 6.93. The molecule has 0 bridgehead atoms. The van der Waals surface area contributed by atoms with E-state index in [1.807, 2.05) is 42.5 Å². The Kier molecular flexibility index (Phi) is 5.46. The Morgan fingerprint density at radius 3 is 2.27 bits per heavy atom. The van der Waals surface area contributed by atoms with Gasteiger partial charge in [-0.25, -0.2) is 0 Å². The van der Waals surface area contributed by atoms with Crippen molar-refractivity contribution in [3.05, 3.63) is 59.2 Å². The molecule has 3 heteroatoms. The topological polar surface area (TPSA) is 42.2 Å². The predicted molar refractivity (Wildman–Crippen MR) is 85.9 cm³/mol. The summed E-state index contributed by atoms with van der Waals surface area (Å²) in [5.41, 5.74) is 2.82. The molecule has 0 aromatic heterocycles. The van der Waals surface area contributed by atoms with Crippen LogP contribution in [0.2, 0.25) is 0 Å². The monoisotopic (exact) mass is 291 g/mol. The highest BCUT2D eigenvalue weighted by Gasteiger charge is 2.07. The minimum absolute atomic E-state index is 0.399. The summed E-state index contributed by atoms with van der Waals surface area (Å²) in [4.78, 5) is 0. The molecule has 2 rings (SSSR count). The van der Waals surface area contributed by atoms with Crippen molar-refractivity contribution in [3.63, 3.8) is 0 Å². The molecule has 2 aromatic carbocycles. The zero-order valence-electron chi connectivity index (χ0n) is 12.7. The number of hydrogen-bond acceptors (Lipinski definition) is 3. The lowest BCUT2D eigenvalue weighted by Crippen LogP contribution is -1.95. The normalized spacial score (nSPS) is 9.32. The highest BCUT2D eigenvalue weighted by Crippen LogP contribution is 2.28. The van der Waals surface area contributed by atoms with Crippen LogP contribution in [0.3, 0.4) is 0 Å². The molecule has 22 heavy (non-hydrogen) atoms. The lowest BCUT2D eigenvalue weighted by molar-refractivity contribution is 0.387. The Morgan fingerprint density at radius 2 is 1.64 bits per heavy atom. The van der Waals surface area contributed by atoms with E-state index in [0.29, 0.717) is 12.8 Å².